The van der Waals surface area contributed by atoms with E-state index in [0.717, 1.165) is 5.69 Å². The number of hydrogen-bond acceptors (Lipinski definition) is 7. The first-order valence-electron chi connectivity index (χ1n) is 6.81. The normalized spacial score (nSPS) is 10.4. The van der Waals surface area contributed by atoms with Crippen molar-refractivity contribution >= 4 is 17.3 Å². The summed E-state index contributed by atoms with van der Waals surface area (Å²) in [5.74, 6) is 0.158. The van der Waals surface area contributed by atoms with Crippen LogP contribution in [-0.2, 0) is 11.2 Å². The summed E-state index contributed by atoms with van der Waals surface area (Å²) >= 11 is 1.28. The number of rotatable bonds is 6. The zero-order valence-electron chi connectivity index (χ0n) is 12.3. The summed E-state index contributed by atoms with van der Waals surface area (Å²) in [5.41, 5.74) is 1.37. The van der Waals surface area contributed by atoms with Gasteiger partial charge in [0.15, 0.2) is 0 Å². The van der Waals surface area contributed by atoms with Crippen LogP contribution in [0.15, 0.2) is 12.4 Å². The molecule has 0 saturated carbocycles. The standard InChI is InChI=1S/C14H17N3O3S/c1-4-9-12(14(18)20-6-3)21-13(17-9)10-7-11(19-5-2)16-8-15-10/h7-8H,4-6H2,1-3H3. The highest BCUT2D eigenvalue weighted by Gasteiger charge is 2.19. The van der Waals surface area contributed by atoms with Crippen LogP contribution in [0.1, 0.15) is 36.1 Å². The van der Waals surface area contributed by atoms with Gasteiger partial charge in [-0.15, -0.1) is 11.3 Å². The smallest absolute Gasteiger partial charge is 0.350 e. The Morgan fingerprint density at radius 1 is 1.24 bits per heavy atom. The first-order chi connectivity index (χ1) is 10.2. The monoisotopic (exact) mass is 307 g/mol. The Morgan fingerprint density at radius 3 is 2.71 bits per heavy atom. The molecule has 112 valence electrons. The van der Waals surface area contributed by atoms with Gasteiger partial charge in [-0.25, -0.2) is 19.7 Å². The number of carbonyl (C=O) groups is 1. The van der Waals surface area contributed by atoms with E-state index >= 15 is 0 Å². The van der Waals surface area contributed by atoms with Gasteiger partial charge in [0.1, 0.15) is 21.9 Å². The number of aryl methyl sites for hydroxylation is 1. The quantitative estimate of drug-likeness (QED) is 0.764. The Morgan fingerprint density at radius 2 is 2.05 bits per heavy atom. The van der Waals surface area contributed by atoms with Gasteiger partial charge in [0.05, 0.1) is 18.9 Å². The van der Waals surface area contributed by atoms with Crippen molar-refractivity contribution in [1.29, 1.82) is 0 Å². The van der Waals surface area contributed by atoms with Crippen LogP contribution in [0.3, 0.4) is 0 Å². The van der Waals surface area contributed by atoms with E-state index in [1.807, 2.05) is 13.8 Å². The van der Waals surface area contributed by atoms with Crippen molar-refractivity contribution in [3.05, 3.63) is 23.0 Å². The topological polar surface area (TPSA) is 74.2 Å². The second kappa shape index (κ2) is 7.12. The maximum absolute atomic E-state index is 11.9. The zero-order chi connectivity index (χ0) is 15.2. The molecule has 0 N–H and O–H groups in total. The highest BCUT2D eigenvalue weighted by Crippen LogP contribution is 2.29. The molecule has 0 saturated heterocycles. The average molecular weight is 307 g/mol. The van der Waals surface area contributed by atoms with E-state index in [0.29, 0.717) is 41.1 Å². The predicted octanol–water partition coefficient (Wildman–Crippen LogP) is 2.74. The molecular formula is C14H17N3O3S. The SMILES string of the molecule is CCOC(=O)c1sc(-c2cc(OCC)ncn2)nc1CC. The molecule has 0 aliphatic heterocycles. The molecule has 0 fully saturated rings. The highest BCUT2D eigenvalue weighted by molar-refractivity contribution is 7.17. The van der Waals surface area contributed by atoms with Gasteiger partial charge in [0.2, 0.25) is 5.88 Å². The van der Waals surface area contributed by atoms with E-state index in [9.17, 15) is 4.79 Å². The molecule has 0 aromatic carbocycles. The molecule has 7 heteroatoms. The summed E-state index contributed by atoms with van der Waals surface area (Å²) in [7, 11) is 0. The molecule has 21 heavy (non-hydrogen) atoms. The van der Waals surface area contributed by atoms with E-state index in [2.05, 4.69) is 15.0 Å². The van der Waals surface area contributed by atoms with Gasteiger partial charge in [0, 0.05) is 6.07 Å². The van der Waals surface area contributed by atoms with E-state index in [4.69, 9.17) is 9.47 Å². The molecule has 0 atom stereocenters. The largest absolute Gasteiger partial charge is 0.478 e. The molecule has 0 aliphatic rings. The van der Waals surface area contributed by atoms with Gasteiger partial charge in [-0.3, -0.25) is 0 Å². The van der Waals surface area contributed by atoms with Gasteiger partial charge in [-0.05, 0) is 20.3 Å². The van der Waals surface area contributed by atoms with Crippen molar-refractivity contribution in [2.45, 2.75) is 27.2 Å². The molecule has 0 bridgehead atoms. The van der Waals surface area contributed by atoms with Gasteiger partial charge in [-0.1, -0.05) is 6.92 Å². The third-order valence-electron chi connectivity index (χ3n) is 2.65. The number of ether oxygens (including phenoxy) is 2. The number of esters is 1. The fourth-order valence-corrected chi connectivity index (χ4v) is 2.76. The van der Waals surface area contributed by atoms with Gasteiger partial charge < -0.3 is 9.47 Å². The van der Waals surface area contributed by atoms with Crippen LogP contribution in [-0.4, -0.2) is 34.1 Å². The number of nitrogens with zero attached hydrogens (tertiary/aromatic N) is 3. The minimum atomic E-state index is -0.336. The highest BCUT2D eigenvalue weighted by atomic mass is 32.1. The second-order valence-electron chi connectivity index (χ2n) is 4.04. The summed E-state index contributed by atoms with van der Waals surface area (Å²) in [5, 5.41) is 0.665. The van der Waals surface area contributed by atoms with Gasteiger partial charge >= 0.3 is 5.97 Å². The molecule has 2 rings (SSSR count). The Balaban J connectivity index is 2.36. The van der Waals surface area contributed by atoms with Crippen molar-refractivity contribution < 1.29 is 14.3 Å². The summed E-state index contributed by atoms with van der Waals surface area (Å²) in [4.78, 5) is 25.1. The number of thiazole rings is 1. The van der Waals surface area contributed by atoms with Crippen molar-refractivity contribution in [2.24, 2.45) is 0 Å². The summed E-state index contributed by atoms with van der Waals surface area (Å²) < 4.78 is 10.4. The summed E-state index contributed by atoms with van der Waals surface area (Å²) in [6.45, 7) is 6.50. The Labute approximate surface area is 127 Å². The van der Waals surface area contributed by atoms with Gasteiger partial charge in [-0.2, -0.15) is 0 Å². The molecule has 2 heterocycles. The average Bonchev–Trinajstić information content (AvgIpc) is 2.92. The molecule has 6 nitrogen and oxygen atoms in total. The second-order valence-corrected chi connectivity index (χ2v) is 5.04. The minimum Gasteiger partial charge on any atom is -0.478 e. The van der Waals surface area contributed by atoms with Gasteiger partial charge in [0.25, 0.3) is 0 Å². The summed E-state index contributed by atoms with van der Waals surface area (Å²) in [6.07, 6.45) is 2.09. The van der Waals surface area contributed by atoms with Crippen LogP contribution in [0.5, 0.6) is 5.88 Å². The van der Waals surface area contributed by atoms with Crippen LogP contribution in [0.4, 0.5) is 0 Å². The van der Waals surface area contributed by atoms with Crippen LogP contribution in [0.2, 0.25) is 0 Å². The lowest BCUT2D eigenvalue weighted by molar-refractivity contribution is 0.0530. The molecule has 2 aromatic rings. The van der Waals surface area contributed by atoms with Crippen molar-refractivity contribution in [3.8, 4) is 16.6 Å². The first-order valence-corrected chi connectivity index (χ1v) is 7.63. The molecule has 0 radical (unpaired) electrons. The zero-order valence-corrected chi connectivity index (χ0v) is 13.1. The van der Waals surface area contributed by atoms with E-state index < -0.39 is 0 Å². The Bertz CT molecular complexity index is 628. The third kappa shape index (κ3) is 3.55. The van der Waals surface area contributed by atoms with Crippen molar-refractivity contribution in [2.75, 3.05) is 13.2 Å². The van der Waals surface area contributed by atoms with E-state index in [-0.39, 0.29) is 5.97 Å². The number of carbonyl (C=O) groups excluding carboxylic acids is 1. The fourth-order valence-electron chi connectivity index (χ4n) is 1.74. The predicted molar refractivity (Wildman–Crippen MR) is 79.6 cm³/mol. The number of hydrogen-bond donors (Lipinski definition) is 0. The Hall–Kier alpha value is -2.02. The Kier molecular flexibility index (Phi) is 5.21. The molecule has 0 amide bonds. The maximum Gasteiger partial charge on any atom is 0.350 e. The lowest BCUT2D eigenvalue weighted by Gasteiger charge is -2.01. The molecular weight excluding hydrogens is 290 g/mol. The van der Waals surface area contributed by atoms with E-state index in [1.165, 1.54) is 17.7 Å². The first kappa shape index (κ1) is 15.4. The molecule has 2 aromatic heterocycles. The third-order valence-corrected chi connectivity index (χ3v) is 3.75. The minimum absolute atomic E-state index is 0.336. The van der Waals surface area contributed by atoms with Crippen LogP contribution < -0.4 is 4.74 Å². The maximum atomic E-state index is 11.9. The lowest BCUT2D eigenvalue weighted by atomic mass is 10.3. The van der Waals surface area contributed by atoms with Crippen LogP contribution >= 0.6 is 11.3 Å². The van der Waals surface area contributed by atoms with E-state index in [1.54, 1.807) is 13.0 Å². The van der Waals surface area contributed by atoms with Crippen molar-refractivity contribution in [1.82, 2.24) is 15.0 Å². The number of aromatic nitrogens is 3. The molecule has 0 aliphatic carbocycles. The van der Waals surface area contributed by atoms with Crippen molar-refractivity contribution in [3.63, 3.8) is 0 Å². The molecule has 0 spiro atoms. The summed E-state index contributed by atoms with van der Waals surface area (Å²) in [6, 6.07) is 1.72. The lowest BCUT2D eigenvalue weighted by Crippen LogP contribution is -2.05. The molecule has 0 unspecified atom stereocenters. The van der Waals surface area contributed by atoms with Crippen LogP contribution in [0, 0.1) is 0 Å². The van der Waals surface area contributed by atoms with Crippen LogP contribution in [0.25, 0.3) is 10.7 Å². The fraction of sp³-hybridized carbons (Fsp3) is 0.429.